The van der Waals surface area contributed by atoms with Crippen LogP contribution in [-0.4, -0.2) is 40.5 Å². The van der Waals surface area contributed by atoms with Gasteiger partial charge in [0, 0.05) is 12.1 Å². The minimum Gasteiger partial charge on any atom is -0.493 e. The van der Waals surface area contributed by atoms with Gasteiger partial charge in [0.25, 0.3) is 16.8 Å². The average Bonchev–Trinajstić information content (AvgIpc) is 2.99. The highest BCUT2D eigenvalue weighted by Gasteiger charge is 2.35. The first kappa shape index (κ1) is 21.8. The Morgan fingerprint density at radius 3 is 2.52 bits per heavy atom. The van der Waals surface area contributed by atoms with Gasteiger partial charge in [-0.1, -0.05) is 6.07 Å². The molecular formula is C20H17N3O7S. The molecule has 0 bridgehead atoms. The standard InChI is InChI=1S/C20H17N3O7S/c1-29-15-7-4-13(9-17-19(25)22(10-18(21)24)20(26)31-17)8-16(15)30-11-12-2-5-14(6-3-12)23(27)28/h2-9H,10-11H2,1H3,(H2,21,24)/b17-9-. The van der Waals surface area contributed by atoms with Crippen LogP contribution in [0.3, 0.4) is 0 Å². The molecule has 3 rings (SSSR count). The summed E-state index contributed by atoms with van der Waals surface area (Å²) in [7, 11) is 1.48. The molecule has 31 heavy (non-hydrogen) atoms. The van der Waals surface area contributed by atoms with E-state index in [0.717, 1.165) is 4.90 Å². The molecule has 1 fully saturated rings. The fraction of sp³-hybridized carbons (Fsp3) is 0.150. The Labute approximate surface area is 180 Å². The van der Waals surface area contributed by atoms with Crippen LogP contribution in [-0.2, 0) is 16.2 Å². The van der Waals surface area contributed by atoms with E-state index in [0.29, 0.717) is 34.4 Å². The number of nitrogens with two attached hydrogens (primary N) is 1. The molecule has 2 aromatic rings. The van der Waals surface area contributed by atoms with Gasteiger partial charge in [0.1, 0.15) is 13.2 Å². The van der Waals surface area contributed by atoms with E-state index in [2.05, 4.69) is 0 Å². The Kier molecular flexibility index (Phi) is 6.55. The number of thioether (sulfide) groups is 1. The van der Waals surface area contributed by atoms with Crippen molar-refractivity contribution >= 4 is 40.6 Å². The maximum atomic E-state index is 12.4. The van der Waals surface area contributed by atoms with Gasteiger partial charge in [0.05, 0.1) is 16.9 Å². The third kappa shape index (κ3) is 5.20. The quantitative estimate of drug-likeness (QED) is 0.373. The number of ether oxygens (including phenoxy) is 2. The number of carbonyl (C=O) groups excluding carboxylic acids is 3. The number of non-ortho nitro benzene ring substituents is 1. The van der Waals surface area contributed by atoms with Crippen LogP contribution < -0.4 is 15.2 Å². The van der Waals surface area contributed by atoms with Gasteiger partial charge in [0.2, 0.25) is 5.91 Å². The smallest absolute Gasteiger partial charge is 0.294 e. The Bertz CT molecular complexity index is 1080. The minimum atomic E-state index is -0.782. The Morgan fingerprint density at radius 1 is 1.19 bits per heavy atom. The van der Waals surface area contributed by atoms with Crippen LogP contribution >= 0.6 is 11.8 Å². The van der Waals surface area contributed by atoms with E-state index in [9.17, 15) is 24.5 Å². The average molecular weight is 443 g/mol. The molecule has 0 radical (unpaired) electrons. The number of nitro groups is 1. The fourth-order valence-electron chi connectivity index (χ4n) is 2.71. The highest BCUT2D eigenvalue weighted by atomic mass is 32.2. The summed E-state index contributed by atoms with van der Waals surface area (Å²) in [6.07, 6.45) is 1.50. The molecule has 0 aromatic heterocycles. The summed E-state index contributed by atoms with van der Waals surface area (Å²) in [6, 6.07) is 10.9. The van der Waals surface area contributed by atoms with Gasteiger partial charge >= 0.3 is 0 Å². The van der Waals surface area contributed by atoms with Gasteiger partial charge in [-0.2, -0.15) is 0 Å². The fourth-order valence-corrected chi connectivity index (χ4v) is 3.55. The molecule has 0 atom stereocenters. The summed E-state index contributed by atoms with van der Waals surface area (Å²) >= 11 is 0.712. The monoisotopic (exact) mass is 443 g/mol. The number of carbonyl (C=O) groups is 3. The van der Waals surface area contributed by atoms with Crippen molar-refractivity contribution in [2.75, 3.05) is 13.7 Å². The number of nitrogens with zero attached hydrogens (tertiary/aromatic N) is 2. The molecule has 10 nitrogen and oxygen atoms in total. The number of methoxy groups -OCH3 is 1. The van der Waals surface area contributed by atoms with Crippen LogP contribution in [0.5, 0.6) is 11.5 Å². The lowest BCUT2D eigenvalue weighted by Crippen LogP contribution is -2.36. The van der Waals surface area contributed by atoms with Crippen molar-refractivity contribution in [3.05, 3.63) is 68.6 Å². The van der Waals surface area contributed by atoms with Crippen molar-refractivity contribution in [2.24, 2.45) is 5.73 Å². The van der Waals surface area contributed by atoms with Crippen molar-refractivity contribution in [2.45, 2.75) is 6.61 Å². The molecule has 0 saturated carbocycles. The second kappa shape index (κ2) is 9.30. The van der Waals surface area contributed by atoms with E-state index in [-0.39, 0.29) is 17.2 Å². The van der Waals surface area contributed by atoms with E-state index in [1.54, 1.807) is 30.3 Å². The van der Waals surface area contributed by atoms with E-state index >= 15 is 0 Å². The SMILES string of the molecule is COc1ccc(/C=C2\SC(=O)N(CC(N)=O)C2=O)cc1OCc1ccc([N+](=O)[O-])cc1. The molecule has 1 aliphatic heterocycles. The molecule has 1 saturated heterocycles. The predicted molar refractivity (Wildman–Crippen MR) is 112 cm³/mol. The van der Waals surface area contributed by atoms with Crippen molar-refractivity contribution in [3.8, 4) is 11.5 Å². The molecule has 11 heteroatoms. The van der Waals surface area contributed by atoms with Crippen LogP contribution in [0.25, 0.3) is 6.08 Å². The summed E-state index contributed by atoms with van der Waals surface area (Å²) in [5, 5.41) is 10.2. The van der Waals surface area contributed by atoms with Crippen LogP contribution in [0, 0.1) is 10.1 Å². The number of hydrogen-bond donors (Lipinski definition) is 1. The molecule has 3 amide bonds. The van der Waals surface area contributed by atoms with Crippen molar-refractivity contribution < 1.29 is 28.8 Å². The van der Waals surface area contributed by atoms with Gasteiger partial charge in [-0.3, -0.25) is 29.4 Å². The minimum absolute atomic E-state index is 0.0198. The number of rotatable bonds is 8. The van der Waals surface area contributed by atoms with Crippen LogP contribution in [0.4, 0.5) is 10.5 Å². The molecular weight excluding hydrogens is 426 g/mol. The van der Waals surface area contributed by atoms with Crippen LogP contribution in [0.15, 0.2) is 47.4 Å². The summed E-state index contributed by atoms with van der Waals surface area (Å²) in [5.74, 6) is -0.556. The van der Waals surface area contributed by atoms with Gasteiger partial charge in [-0.05, 0) is 53.2 Å². The van der Waals surface area contributed by atoms with Gasteiger partial charge in [-0.15, -0.1) is 0 Å². The highest BCUT2D eigenvalue weighted by molar-refractivity contribution is 8.18. The first-order chi connectivity index (χ1) is 14.8. The third-order valence-electron chi connectivity index (χ3n) is 4.21. The summed E-state index contributed by atoms with van der Waals surface area (Å²) in [6.45, 7) is -0.346. The molecule has 2 aromatic carbocycles. The number of imide groups is 1. The largest absolute Gasteiger partial charge is 0.493 e. The third-order valence-corrected chi connectivity index (χ3v) is 5.12. The predicted octanol–water partition coefficient (Wildman–Crippen LogP) is 2.70. The zero-order chi connectivity index (χ0) is 22.5. The molecule has 0 aliphatic carbocycles. The first-order valence-electron chi connectivity index (χ1n) is 8.86. The first-order valence-corrected chi connectivity index (χ1v) is 9.68. The maximum absolute atomic E-state index is 12.4. The van der Waals surface area contributed by atoms with Gasteiger partial charge in [0.15, 0.2) is 11.5 Å². The Hall–Kier alpha value is -3.86. The van der Waals surface area contributed by atoms with Crippen LogP contribution in [0.2, 0.25) is 0 Å². The van der Waals surface area contributed by atoms with E-state index in [1.807, 2.05) is 0 Å². The zero-order valence-corrected chi connectivity index (χ0v) is 17.1. The van der Waals surface area contributed by atoms with Gasteiger partial charge in [-0.25, -0.2) is 0 Å². The van der Waals surface area contributed by atoms with E-state index in [1.165, 1.54) is 25.3 Å². The molecule has 2 N–H and O–H groups in total. The molecule has 1 aliphatic rings. The van der Waals surface area contributed by atoms with Crippen molar-refractivity contribution in [3.63, 3.8) is 0 Å². The summed E-state index contributed by atoms with van der Waals surface area (Å²) in [5.41, 5.74) is 6.34. The van der Waals surface area contributed by atoms with Crippen molar-refractivity contribution in [1.82, 2.24) is 4.90 Å². The second-order valence-corrected chi connectivity index (χ2v) is 7.35. The number of amides is 3. The Morgan fingerprint density at radius 2 is 1.90 bits per heavy atom. The lowest BCUT2D eigenvalue weighted by atomic mass is 10.1. The Balaban J connectivity index is 1.78. The summed E-state index contributed by atoms with van der Waals surface area (Å²) < 4.78 is 11.1. The summed E-state index contributed by atoms with van der Waals surface area (Å²) in [4.78, 5) is 46.6. The lowest BCUT2D eigenvalue weighted by molar-refractivity contribution is -0.384. The maximum Gasteiger partial charge on any atom is 0.294 e. The molecule has 0 spiro atoms. The molecule has 1 heterocycles. The van der Waals surface area contributed by atoms with E-state index < -0.39 is 28.5 Å². The molecule has 0 unspecified atom stereocenters. The van der Waals surface area contributed by atoms with Crippen molar-refractivity contribution in [1.29, 1.82) is 0 Å². The molecule has 160 valence electrons. The van der Waals surface area contributed by atoms with Crippen LogP contribution in [0.1, 0.15) is 11.1 Å². The number of primary amides is 1. The number of nitro benzene ring substituents is 1. The normalized spacial score (nSPS) is 14.7. The van der Waals surface area contributed by atoms with Gasteiger partial charge < -0.3 is 15.2 Å². The number of hydrogen-bond acceptors (Lipinski definition) is 8. The van der Waals surface area contributed by atoms with E-state index in [4.69, 9.17) is 15.2 Å². The zero-order valence-electron chi connectivity index (χ0n) is 16.3. The topological polar surface area (TPSA) is 142 Å². The second-order valence-electron chi connectivity index (χ2n) is 6.36. The lowest BCUT2D eigenvalue weighted by Gasteiger charge is -2.12. The number of benzene rings is 2. The highest BCUT2D eigenvalue weighted by Crippen LogP contribution is 2.34.